The van der Waals surface area contributed by atoms with E-state index in [2.05, 4.69) is 14.5 Å². The molecule has 0 spiro atoms. The molecule has 0 fully saturated rings. The van der Waals surface area contributed by atoms with Crippen LogP contribution in [-0.4, -0.2) is 23.9 Å². The number of hydrogen-bond acceptors (Lipinski definition) is 4. The van der Waals surface area contributed by atoms with Gasteiger partial charge in [-0.25, -0.2) is 9.37 Å². The Kier molecular flexibility index (Phi) is 5.96. The van der Waals surface area contributed by atoms with Crippen molar-refractivity contribution in [3.05, 3.63) is 20.9 Å². The summed E-state index contributed by atoms with van der Waals surface area (Å²) < 4.78 is 58.0. The molecule has 0 bridgehead atoms. The van der Waals surface area contributed by atoms with E-state index in [4.69, 9.17) is 0 Å². The van der Waals surface area contributed by atoms with Crippen molar-refractivity contribution in [2.75, 3.05) is 6.61 Å². The van der Waals surface area contributed by atoms with Gasteiger partial charge >= 0.3 is 12.3 Å². The van der Waals surface area contributed by atoms with Gasteiger partial charge in [-0.2, -0.15) is 0 Å². The molecule has 0 radical (unpaired) electrons. The second-order valence-corrected chi connectivity index (χ2v) is 4.70. The van der Waals surface area contributed by atoms with Crippen molar-refractivity contribution in [1.29, 1.82) is 0 Å². The smallest absolute Gasteiger partial charge is 0.466 e. The van der Waals surface area contributed by atoms with Gasteiger partial charge in [-0.3, -0.25) is 4.79 Å². The second-order valence-electron chi connectivity index (χ2n) is 3.54. The quantitative estimate of drug-likeness (QED) is 0.428. The van der Waals surface area contributed by atoms with E-state index in [0.29, 0.717) is 0 Å². The number of rotatable bonds is 5. The molecule has 0 aromatic carbocycles. The van der Waals surface area contributed by atoms with Crippen molar-refractivity contribution in [2.45, 2.75) is 26.4 Å². The fourth-order valence-electron chi connectivity index (χ4n) is 1.33. The van der Waals surface area contributed by atoms with E-state index in [1.54, 1.807) is 29.5 Å². The van der Waals surface area contributed by atoms with E-state index >= 15 is 0 Å². The third-order valence-electron chi connectivity index (χ3n) is 2.06. The van der Waals surface area contributed by atoms with Crippen LogP contribution >= 0.6 is 22.6 Å². The molecule has 1 aromatic rings. The van der Waals surface area contributed by atoms with Gasteiger partial charge in [-0.05, 0) is 35.6 Å². The summed E-state index contributed by atoms with van der Waals surface area (Å²) in [6.07, 6.45) is -5.30. The van der Waals surface area contributed by atoms with Crippen LogP contribution in [0.1, 0.15) is 18.2 Å². The highest BCUT2D eigenvalue weighted by Crippen LogP contribution is 2.29. The minimum absolute atomic E-state index is 0.0179. The normalized spacial score (nSPS) is 11.3. The number of pyridine rings is 1. The van der Waals surface area contributed by atoms with Gasteiger partial charge in [-0.1, -0.05) is 0 Å². The Bertz CT molecular complexity index is 493. The first kappa shape index (κ1) is 16.9. The Morgan fingerprint density at radius 3 is 2.60 bits per heavy atom. The lowest BCUT2D eigenvalue weighted by Crippen LogP contribution is -2.20. The van der Waals surface area contributed by atoms with Gasteiger partial charge in [0.2, 0.25) is 5.88 Å². The molecule has 0 saturated heterocycles. The first-order valence-corrected chi connectivity index (χ1v) is 6.50. The van der Waals surface area contributed by atoms with Gasteiger partial charge in [0.05, 0.1) is 24.3 Å². The number of esters is 1. The van der Waals surface area contributed by atoms with Crippen molar-refractivity contribution >= 4 is 28.6 Å². The standard InChI is InChI=1S/C11H10F4INO3/c1-2-19-9(18)4-6-3-8(16)7(5-12)10(17-6)20-11(13,14)15/h3H,2,4-5H2,1H3. The van der Waals surface area contributed by atoms with Crippen molar-refractivity contribution < 1.29 is 31.8 Å². The van der Waals surface area contributed by atoms with E-state index in [1.165, 1.54) is 6.07 Å². The summed E-state index contributed by atoms with van der Waals surface area (Å²) in [5.74, 6) is -1.52. The zero-order chi connectivity index (χ0) is 15.3. The van der Waals surface area contributed by atoms with Gasteiger partial charge in [0.1, 0.15) is 6.67 Å². The molecule has 0 aliphatic carbocycles. The summed E-state index contributed by atoms with van der Waals surface area (Å²) in [6, 6.07) is 1.32. The summed E-state index contributed by atoms with van der Waals surface area (Å²) in [4.78, 5) is 14.8. The molecular formula is C11H10F4INO3. The van der Waals surface area contributed by atoms with Crippen molar-refractivity contribution in [3.63, 3.8) is 0 Å². The molecule has 1 heterocycles. The molecule has 0 unspecified atom stereocenters. The van der Waals surface area contributed by atoms with Crippen LogP contribution in [0.25, 0.3) is 0 Å². The third-order valence-corrected chi connectivity index (χ3v) is 3.02. The van der Waals surface area contributed by atoms with Crippen LogP contribution < -0.4 is 4.74 Å². The minimum Gasteiger partial charge on any atom is -0.466 e. The van der Waals surface area contributed by atoms with E-state index in [1.807, 2.05) is 0 Å². The summed E-state index contributed by atoms with van der Waals surface area (Å²) in [5.41, 5.74) is -0.292. The monoisotopic (exact) mass is 407 g/mol. The Labute approximate surface area is 125 Å². The predicted octanol–water partition coefficient (Wildman–Crippen LogP) is 3.16. The molecule has 0 amide bonds. The lowest BCUT2D eigenvalue weighted by Gasteiger charge is -2.13. The average Bonchev–Trinajstić information content (AvgIpc) is 2.26. The van der Waals surface area contributed by atoms with Gasteiger partial charge < -0.3 is 9.47 Å². The van der Waals surface area contributed by atoms with Gasteiger partial charge in [0.25, 0.3) is 0 Å². The lowest BCUT2D eigenvalue weighted by atomic mass is 10.2. The van der Waals surface area contributed by atoms with E-state index in [-0.39, 0.29) is 27.9 Å². The van der Waals surface area contributed by atoms with Gasteiger partial charge in [0, 0.05) is 3.57 Å². The number of hydrogen-bond donors (Lipinski definition) is 0. The first-order valence-electron chi connectivity index (χ1n) is 5.42. The van der Waals surface area contributed by atoms with Gasteiger partial charge in [-0.15, -0.1) is 13.2 Å². The zero-order valence-electron chi connectivity index (χ0n) is 10.3. The molecular weight excluding hydrogens is 397 g/mol. The lowest BCUT2D eigenvalue weighted by molar-refractivity contribution is -0.276. The number of carbonyl (C=O) groups excluding carboxylic acids is 1. The predicted molar refractivity (Wildman–Crippen MR) is 68.8 cm³/mol. The Morgan fingerprint density at radius 1 is 1.45 bits per heavy atom. The van der Waals surface area contributed by atoms with Crippen LogP contribution in [0.5, 0.6) is 5.88 Å². The van der Waals surface area contributed by atoms with Crippen LogP contribution in [0.4, 0.5) is 17.6 Å². The van der Waals surface area contributed by atoms with Crippen molar-refractivity contribution in [3.8, 4) is 5.88 Å². The fraction of sp³-hybridized carbons (Fsp3) is 0.455. The highest BCUT2D eigenvalue weighted by molar-refractivity contribution is 14.1. The third kappa shape index (κ3) is 5.10. The summed E-state index contributed by atoms with van der Waals surface area (Å²) in [5, 5.41) is 0. The molecule has 0 atom stereocenters. The molecule has 0 aliphatic heterocycles. The van der Waals surface area contributed by atoms with Crippen LogP contribution in [0, 0.1) is 3.57 Å². The van der Waals surface area contributed by atoms with Crippen molar-refractivity contribution in [1.82, 2.24) is 4.98 Å². The Balaban J connectivity index is 3.07. The number of halogens is 5. The van der Waals surface area contributed by atoms with Crippen LogP contribution in [0.15, 0.2) is 6.07 Å². The Hall–Kier alpha value is -1.13. The molecule has 0 saturated carbocycles. The fourth-order valence-corrected chi connectivity index (χ4v) is 2.07. The maximum atomic E-state index is 12.8. The van der Waals surface area contributed by atoms with E-state index in [0.717, 1.165) is 0 Å². The van der Waals surface area contributed by atoms with E-state index in [9.17, 15) is 22.4 Å². The number of aromatic nitrogens is 1. The zero-order valence-corrected chi connectivity index (χ0v) is 12.4. The largest absolute Gasteiger partial charge is 0.574 e. The highest BCUT2D eigenvalue weighted by Gasteiger charge is 2.33. The van der Waals surface area contributed by atoms with Crippen molar-refractivity contribution in [2.24, 2.45) is 0 Å². The number of nitrogens with zero attached hydrogens (tertiary/aromatic N) is 1. The molecule has 4 nitrogen and oxygen atoms in total. The van der Waals surface area contributed by atoms with Crippen LogP contribution in [0.3, 0.4) is 0 Å². The topological polar surface area (TPSA) is 48.4 Å². The summed E-state index contributed by atoms with van der Waals surface area (Å²) in [7, 11) is 0. The number of carbonyl (C=O) groups is 1. The van der Waals surface area contributed by atoms with Gasteiger partial charge in [0.15, 0.2) is 0 Å². The average molecular weight is 407 g/mol. The minimum atomic E-state index is -4.98. The first-order chi connectivity index (χ1) is 9.26. The number of ether oxygens (including phenoxy) is 2. The second kappa shape index (κ2) is 7.04. The molecule has 1 rings (SSSR count). The number of alkyl halides is 4. The molecule has 112 valence electrons. The van der Waals surface area contributed by atoms with Crippen LogP contribution in [0.2, 0.25) is 0 Å². The highest BCUT2D eigenvalue weighted by atomic mass is 127. The summed E-state index contributed by atoms with van der Waals surface area (Å²) >= 11 is 1.65. The molecule has 9 heteroatoms. The maximum absolute atomic E-state index is 12.8. The molecule has 0 aliphatic rings. The van der Waals surface area contributed by atoms with Crippen LogP contribution in [-0.2, 0) is 22.6 Å². The summed E-state index contributed by atoms with van der Waals surface area (Å²) in [6.45, 7) is 0.584. The molecule has 20 heavy (non-hydrogen) atoms. The van der Waals surface area contributed by atoms with E-state index < -0.39 is 24.9 Å². The molecule has 1 aromatic heterocycles. The molecule has 0 N–H and O–H groups in total. The maximum Gasteiger partial charge on any atom is 0.574 e. The SMILES string of the molecule is CCOC(=O)Cc1cc(I)c(CF)c(OC(F)(F)F)n1. The Morgan fingerprint density at radius 2 is 2.10 bits per heavy atom.